The molecule has 15 aromatic rings. The summed E-state index contributed by atoms with van der Waals surface area (Å²) in [6.07, 6.45) is 0. The van der Waals surface area contributed by atoms with E-state index < -0.39 is 0 Å². The monoisotopic (exact) mass is 889 g/mol. The summed E-state index contributed by atoms with van der Waals surface area (Å²) in [7, 11) is 0. The van der Waals surface area contributed by atoms with Crippen LogP contribution in [0.4, 0.5) is 0 Å². The number of aromatic nitrogens is 5. The van der Waals surface area contributed by atoms with E-state index in [-0.39, 0.29) is 0 Å². The molecule has 0 saturated heterocycles. The van der Waals surface area contributed by atoms with Gasteiger partial charge in [0.25, 0.3) is 0 Å². The van der Waals surface area contributed by atoms with Crippen molar-refractivity contribution in [2.24, 2.45) is 0 Å². The summed E-state index contributed by atoms with van der Waals surface area (Å²) in [6, 6.07) is 85.4. The van der Waals surface area contributed by atoms with Crippen LogP contribution in [0.1, 0.15) is 0 Å². The number of fused-ring (bicyclic) bond motifs is 13. The Labute approximate surface area is 401 Å². The van der Waals surface area contributed by atoms with E-state index in [1.165, 1.54) is 64.9 Å². The average Bonchev–Trinajstić information content (AvgIpc) is 3.94. The molecule has 0 bridgehead atoms. The van der Waals surface area contributed by atoms with Crippen LogP contribution in [0.15, 0.2) is 237 Å². The third-order valence-electron chi connectivity index (χ3n) is 14.5. The molecule has 0 aliphatic carbocycles. The summed E-state index contributed by atoms with van der Waals surface area (Å²) in [4.78, 5) is 16.1. The van der Waals surface area contributed by atoms with E-state index in [0.29, 0.717) is 17.5 Å². The highest BCUT2D eigenvalue weighted by atomic mass is 15.1. The molecule has 70 heavy (non-hydrogen) atoms. The predicted octanol–water partition coefficient (Wildman–Crippen LogP) is 16.8. The minimum atomic E-state index is 0.604. The topological polar surface area (TPSA) is 48.5 Å². The van der Waals surface area contributed by atoms with Crippen LogP contribution < -0.4 is 0 Å². The lowest BCUT2D eigenvalue weighted by Gasteiger charge is -2.18. The maximum Gasteiger partial charge on any atom is 0.166 e. The molecule has 0 spiro atoms. The van der Waals surface area contributed by atoms with Crippen LogP contribution in [0.3, 0.4) is 0 Å². The molecule has 0 aliphatic rings. The minimum Gasteiger partial charge on any atom is -0.309 e. The zero-order valence-electron chi connectivity index (χ0n) is 37.8. The molecule has 324 valence electrons. The zero-order valence-corrected chi connectivity index (χ0v) is 37.8. The van der Waals surface area contributed by atoms with Crippen molar-refractivity contribution in [3.8, 4) is 45.5 Å². The van der Waals surface area contributed by atoms with Gasteiger partial charge in [0.15, 0.2) is 17.5 Å². The highest BCUT2D eigenvalue weighted by Gasteiger charge is 2.24. The highest BCUT2D eigenvalue weighted by molar-refractivity contribution is 6.20. The third-order valence-corrected chi connectivity index (χ3v) is 14.5. The summed E-state index contributed by atoms with van der Waals surface area (Å²) in [5.41, 5.74) is 9.49. The van der Waals surface area contributed by atoms with E-state index in [2.05, 4.69) is 228 Å². The van der Waals surface area contributed by atoms with Gasteiger partial charge < -0.3 is 9.13 Å². The Balaban J connectivity index is 1.02. The second kappa shape index (κ2) is 15.0. The minimum absolute atomic E-state index is 0.604. The van der Waals surface area contributed by atoms with Gasteiger partial charge in [-0.05, 0) is 91.6 Å². The Hall–Kier alpha value is -9.45. The summed E-state index contributed by atoms with van der Waals surface area (Å²) < 4.78 is 4.93. The van der Waals surface area contributed by atoms with E-state index in [4.69, 9.17) is 15.0 Å². The molecule has 0 N–H and O–H groups in total. The lowest BCUT2D eigenvalue weighted by Crippen LogP contribution is -2.04. The molecule has 0 amide bonds. The molecule has 3 heterocycles. The first-order valence-corrected chi connectivity index (χ1v) is 23.8. The second-order valence-electron chi connectivity index (χ2n) is 18.4. The van der Waals surface area contributed by atoms with Gasteiger partial charge in [0.2, 0.25) is 0 Å². The van der Waals surface area contributed by atoms with Crippen LogP contribution >= 0.6 is 0 Å². The van der Waals surface area contributed by atoms with Crippen molar-refractivity contribution in [1.29, 1.82) is 0 Å². The molecule has 5 heteroatoms. The van der Waals surface area contributed by atoms with Gasteiger partial charge >= 0.3 is 0 Å². The predicted molar refractivity (Wildman–Crippen MR) is 292 cm³/mol. The second-order valence-corrected chi connectivity index (χ2v) is 18.4. The number of hydrogen-bond donors (Lipinski definition) is 0. The number of rotatable bonds is 5. The first-order valence-electron chi connectivity index (χ1n) is 23.8. The Kier molecular flexibility index (Phi) is 8.29. The van der Waals surface area contributed by atoms with E-state index in [0.717, 1.165) is 60.6 Å². The molecule has 0 unspecified atom stereocenters. The number of hydrogen-bond acceptors (Lipinski definition) is 3. The summed E-state index contributed by atoms with van der Waals surface area (Å²) in [5.74, 6) is 1.84. The molecule has 3 aromatic heterocycles. The number of nitrogens with zero attached hydrogens (tertiary/aromatic N) is 5. The quantitative estimate of drug-likeness (QED) is 0.162. The number of para-hydroxylation sites is 1. The van der Waals surface area contributed by atoms with Crippen molar-refractivity contribution < 1.29 is 0 Å². The Bertz CT molecular complexity index is 4660. The molecule has 12 aromatic carbocycles. The van der Waals surface area contributed by atoms with Crippen LogP contribution in [0.5, 0.6) is 0 Å². The average molecular weight is 890 g/mol. The Morgan fingerprint density at radius 2 is 0.800 bits per heavy atom. The molecule has 0 aliphatic heterocycles. The standard InChI is InChI=1S/C65H39N5/c1-2-17-43(18-3-1)63-66-64(47-30-32-50-46(36-47)27-26-40-14-6-9-21-49(40)50)68-65(67-63)55-34-29-42-16-8-11-23-52(42)62(55)70-59-35-31-48(39-57(59)56-37-44-19-4-5-20-45(44)38-60(56)70)69-58-25-13-12-24-53(58)54-33-28-41-15-7-10-22-51(41)61(54)69/h1-39H. The lowest BCUT2D eigenvalue weighted by molar-refractivity contribution is 1.07. The van der Waals surface area contributed by atoms with Gasteiger partial charge in [-0.3, -0.25) is 0 Å². The summed E-state index contributed by atoms with van der Waals surface area (Å²) in [6.45, 7) is 0. The fourth-order valence-corrected chi connectivity index (χ4v) is 11.2. The molecule has 15 rings (SSSR count). The van der Waals surface area contributed by atoms with Gasteiger partial charge in [-0.1, -0.05) is 188 Å². The van der Waals surface area contributed by atoms with E-state index in [9.17, 15) is 0 Å². The Morgan fingerprint density at radius 1 is 0.257 bits per heavy atom. The number of benzene rings is 12. The van der Waals surface area contributed by atoms with Crippen LogP contribution in [0.2, 0.25) is 0 Å². The molecule has 0 atom stereocenters. The van der Waals surface area contributed by atoms with Gasteiger partial charge in [-0.2, -0.15) is 0 Å². The lowest BCUT2D eigenvalue weighted by atomic mass is 10.00. The first-order chi connectivity index (χ1) is 34.7. The fraction of sp³-hybridized carbons (Fsp3) is 0. The first kappa shape index (κ1) is 38.6. The van der Waals surface area contributed by atoms with Gasteiger partial charge in [-0.25, -0.2) is 15.0 Å². The normalized spacial score (nSPS) is 12.0. The summed E-state index contributed by atoms with van der Waals surface area (Å²) in [5, 5.41) is 16.6. The molecular formula is C65H39N5. The SMILES string of the molecule is c1ccc(-c2nc(-c3ccc4c(ccc5ccccc54)c3)nc(-c3ccc4ccccc4c3-n3c4ccc(-n5c6ccccc6c6ccc7ccccc7c65)cc4c4cc5ccccc5cc43)n2)cc1. The third kappa shape index (κ3) is 5.82. The van der Waals surface area contributed by atoms with Gasteiger partial charge in [0, 0.05) is 54.7 Å². The van der Waals surface area contributed by atoms with Crippen molar-refractivity contribution in [2.45, 2.75) is 0 Å². The summed E-state index contributed by atoms with van der Waals surface area (Å²) >= 11 is 0. The van der Waals surface area contributed by atoms with Crippen LogP contribution in [-0.4, -0.2) is 24.1 Å². The van der Waals surface area contributed by atoms with Gasteiger partial charge in [0.05, 0.1) is 27.8 Å². The fourth-order valence-electron chi connectivity index (χ4n) is 11.2. The molecule has 0 fully saturated rings. The van der Waals surface area contributed by atoms with E-state index in [1.807, 2.05) is 18.2 Å². The molecule has 0 saturated carbocycles. The molecule has 0 radical (unpaired) electrons. The molecular weight excluding hydrogens is 851 g/mol. The van der Waals surface area contributed by atoms with Crippen LogP contribution in [-0.2, 0) is 0 Å². The van der Waals surface area contributed by atoms with Crippen LogP contribution in [0.25, 0.3) is 143 Å². The van der Waals surface area contributed by atoms with E-state index in [1.54, 1.807) is 0 Å². The van der Waals surface area contributed by atoms with Gasteiger partial charge in [0.1, 0.15) is 0 Å². The van der Waals surface area contributed by atoms with Crippen molar-refractivity contribution in [1.82, 2.24) is 24.1 Å². The highest BCUT2D eigenvalue weighted by Crippen LogP contribution is 2.44. The van der Waals surface area contributed by atoms with Crippen molar-refractivity contribution >= 4 is 97.5 Å². The maximum atomic E-state index is 5.45. The zero-order chi connectivity index (χ0) is 45.9. The maximum absolute atomic E-state index is 5.45. The van der Waals surface area contributed by atoms with Crippen molar-refractivity contribution in [3.05, 3.63) is 237 Å². The van der Waals surface area contributed by atoms with E-state index >= 15 is 0 Å². The smallest absolute Gasteiger partial charge is 0.166 e. The van der Waals surface area contributed by atoms with Gasteiger partial charge in [-0.15, -0.1) is 0 Å². The Morgan fingerprint density at radius 3 is 1.61 bits per heavy atom. The molecule has 5 nitrogen and oxygen atoms in total. The van der Waals surface area contributed by atoms with Crippen molar-refractivity contribution in [2.75, 3.05) is 0 Å². The van der Waals surface area contributed by atoms with Crippen LogP contribution in [0, 0.1) is 0 Å². The largest absolute Gasteiger partial charge is 0.309 e. The van der Waals surface area contributed by atoms with Crippen molar-refractivity contribution in [3.63, 3.8) is 0 Å².